The van der Waals surface area contributed by atoms with Crippen molar-refractivity contribution in [3.05, 3.63) is 12.2 Å². The maximum Gasteiger partial charge on any atom is 0.327 e. The molecule has 3 heteroatoms. The van der Waals surface area contributed by atoms with E-state index in [-0.39, 0.29) is 29.6 Å². The normalized spacial score (nSPS) is 9.00. The predicted octanol–water partition coefficient (Wildman–Crippen LogP) is 1.05. The van der Waals surface area contributed by atoms with Gasteiger partial charge < -0.3 is 5.11 Å². The van der Waals surface area contributed by atoms with Crippen molar-refractivity contribution in [2.24, 2.45) is 0 Å². The number of hydrogen-bond donors (Lipinski definition) is 1. The summed E-state index contributed by atoms with van der Waals surface area (Å²) in [5.74, 6) is -0.863. The molecule has 0 saturated carbocycles. The van der Waals surface area contributed by atoms with Crippen LogP contribution < -0.4 is 0 Å². The Morgan fingerprint density at radius 3 is 2.56 bits per heavy atom. The Balaban J connectivity index is 0. The molecule has 0 unspecified atom stereocenters. The first kappa shape index (κ1) is 11.9. The molecule has 0 aliphatic heterocycles. The molecule has 0 fully saturated rings. The Labute approximate surface area is 77.2 Å². The van der Waals surface area contributed by atoms with Crippen LogP contribution in [0.4, 0.5) is 0 Å². The van der Waals surface area contributed by atoms with Crippen molar-refractivity contribution in [2.45, 2.75) is 19.8 Å². The minimum atomic E-state index is -0.863. The molecule has 0 heterocycles. The van der Waals surface area contributed by atoms with Crippen LogP contribution in [0.5, 0.6) is 0 Å². The number of aliphatic carboxylic acids is 1. The zero-order valence-electron chi connectivity index (χ0n) is 5.92. The Hall–Kier alpha value is 0.210. The summed E-state index contributed by atoms with van der Waals surface area (Å²) in [7, 11) is 0. The molecule has 1 N–H and O–H groups in total. The van der Waals surface area contributed by atoms with E-state index in [1.165, 1.54) is 6.08 Å². The smallest absolute Gasteiger partial charge is 0.327 e. The maximum atomic E-state index is 9.79. The molecule has 2 nitrogen and oxygen atoms in total. The van der Waals surface area contributed by atoms with E-state index in [2.05, 4.69) is 0 Å². The summed E-state index contributed by atoms with van der Waals surface area (Å²) in [5, 5.41) is 8.05. The average Bonchev–Trinajstić information content (AvgIpc) is 1.66. The summed E-state index contributed by atoms with van der Waals surface area (Å²) in [6.07, 6.45) is 4.68. The molecule has 0 aliphatic rings. The van der Waals surface area contributed by atoms with Gasteiger partial charge in [-0.2, -0.15) is 0 Å². The number of allylic oxidation sites excluding steroid dienone is 1. The van der Waals surface area contributed by atoms with E-state index in [1.807, 2.05) is 6.92 Å². The SMILES string of the molecule is CCCC=CC(=O)O.[Na]. The van der Waals surface area contributed by atoms with Gasteiger partial charge in [-0.25, -0.2) is 4.79 Å². The molecule has 0 spiro atoms. The van der Waals surface area contributed by atoms with E-state index in [0.29, 0.717) is 0 Å². The Morgan fingerprint density at radius 2 is 2.22 bits per heavy atom. The van der Waals surface area contributed by atoms with Gasteiger partial charge >= 0.3 is 5.97 Å². The molecule has 0 aromatic carbocycles. The van der Waals surface area contributed by atoms with Crippen LogP contribution in [0, 0.1) is 0 Å². The summed E-state index contributed by atoms with van der Waals surface area (Å²) in [6.45, 7) is 2.01. The quantitative estimate of drug-likeness (QED) is 0.466. The van der Waals surface area contributed by atoms with Gasteiger partial charge in [0.05, 0.1) is 0 Å². The van der Waals surface area contributed by atoms with Gasteiger partial charge in [-0.1, -0.05) is 19.4 Å². The number of carbonyl (C=O) groups is 1. The largest absolute Gasteiger partial charge is 0.478 e. The second-order valence-corrected chi connectivity index (χ2v) is 1.53. The molecular weight excluding hydrogens is 127 g/mol. The van der Waals surface area contributed by atoms with Crippen LogP contribution in [-0.4, -0.2) is 40.6 Å². The van der Waals surface area contributed by atoms with Crippen molar-refractivity contribution in [1.29, 1.82) is 0 Å². The van der Waals surface area contributed by atoms with Crippen LogP contribution in [0.2, 0.25) is 0 Å². The number of rotatable bonds is 3. The first-order chi connectivity index (χ1) is 3.77. The molecule has 0 bridgehead atoms. The number of carboxylic acid groups (broad SMARTS) is 1. The van der Waals surface area contributed by atoms with Crippen molar-refractivity contribution in [2.75, 3.05) is 0 Å². The minimum absolute atomic E-state index is 0. The van der Waals surface area contributed by atoms with Crippen molar-refractivity contribution >= 4 is 35.5 Å². The van der Waals surface area contributed by atoms with Gasteiger partial charge in [-0.15, -0.1) is 0 Å². The van der Waals surface area contributed by atoms with Crippen LogP contribution in [0.15, 0.2) is 12.2 Å². The number of carboxylic acids is 1. The molecule has 0 aliphatic carbocycles. The van der Waals surface area contributed by atoms with Gasteiger partial charge in [-0.3, -0.25) is 0 Å². The average molecular weight is 137 g/mol. The van der Waals surface area contributed by atoms with Gasteiger partial charge in [0.2, 0.25) is 0 Å². The third-order valence-corrected chi connectivity index (χ3v) is 0.716. The molecule has 0 aromatic heterocycles. The summed E-state index contributed by atoms with van der Waals surface area (Å²) in [6, 6.07) is 0. The predicted molar refractivity (Wildman–Crippen MR) is 37.4 cm³/mol. The molecular formula is C6H10NaO2. The van der Waals surface area contributed by atoms with Gasteiger partial charge in [0.15, 0.2) is 0 Å². The van der Waals surface area contributed by atoms with E-state index in [0.717, 1.165) is 12.8 Å². The van der Waals surface area contributed by atoms with E-state index in [9.17, 15) is 4.79 Å². The molecule has 47 valence electrons. The van der Waals surface area contributed by atoms with E-state index >= 15 is 0 Å². The van der Waals surface area contributed by atoms with Gasteiger partial charge in [0, 0.05) is 35.6 Å². The van der Waals surface area contributed by atoms with Crippen molar-refractivity contribution in [3.8, 4) is 0 Å². The fourth-order valence-corrected chi connectivity index (χ4v) is 0.351. The summed E-state index contributed by atoms with van der Waals surface area (Å²) in [4.78, 5) is 9.79. The Bertz CT molecular complexity index is 99.2. The standard InChI is InChI=1S/C6H10O2.Na/c1-2-3-4-5-6(7)8;/h4-5H,2-3H2,1H3,(H,7,8);. The third-order valence-electron chi connectivity index (χ3n) is 0.716. The van der Waals surface area contributed by atoms with Gasteiger partial charge in [-0.05, 0) is 6.42 Å². The van der Waals surface area contributed by atoms with E-state index in [1.54, 1.807) is 6.08 Å². The zero-order valence-corrected chi connectivity index (χ0v) is 7.92. The fourth-order valence-electron chi connectivity index (χ4n) is 0.351. The zero-order chi connectivity index (χ0) is 6.41. The van der Waals surface area contributed by atoms with Crippen LogP contribution in [0.3, 0.4) is 0 Å². The third kappa shape index (κ3) is 11.7. The monoisotopic (exact) mass is 137 g/mol. The van der Waals surface area contributed by atoms with E-state index < -0.39 is 5.97 Å². The molecule has 0 amide bonds. The summed E-state index contributed by atoms with van der Waals surface area (Å²) in [5.41, 5.74) is 0. The van der Waals surface area contributed by atoms with Crippen LogP contribution in [0.25, 0.3) is 0 Å². The molecule has 0 aromatic rings. The molecule has 0 atom stereocenters. The minimum Gasteiger partial charge on any atom is -0.478 e. The molecule has 0 saturated heterocycles. The fraction of sp³-hybridized carbons (Fsp3) is 0.500. The Morgan fingerprint density at radius 1 is 1.67 bits per heavy atom. The molecule has 0 rings (SSSR count). The van der Waals surface area contributed by atoms with Crippen LogP contribution in [-0.2, 0) is 4.79 Å². The second-order valence-electron chi connectivity index (χ2n) is 1.53. The second kappa shape index (κ2) is 8.21. The van der Waals surface area contributed by atoms with Crippen LogP contribution in [0.1, 0.15) is 19.8 Å². The number of unbranched alkanes of at least 4 members (excludes halogenated alkanes) is 1. The van der Waals surface area contributed by atoms with Crippen molar-refractivity contribution in [3.63, 3.8) is 0 Å². The molecule has 9 heavy (non-hydrogen) atoms. The summed E-state index contributed by atoms with van der Waals surface area (Å²) >= 11 is 0. The topological polar surface area (TPSA) is 37.3 Å². The maximum absolute atomic E-state index is 9.79. The van der Waals surface area contributed by atoms with Crippen LogP contribution >= 0.6 is 0 Å². The Kier molecular flexibility index (Phi) is 10.9. The van der Waals surface area contributed by atoms with E-state index in [4.69, 9.17) is 5.11 Å². The summed E-state index contributed by atoms with van der Waals surface area (Å²) < 4.78 is 0. The first-order valence-electron chi connectivity index (χ1n) is 2.67. The first-order valence-corrected chi connectivity index (χ1v) is 2.67. The van der Waals surface area contributed by atoms with Crippen molar-refractivity contribution in [1.82, 2.24) is 0 Å². The van der Waals surface area contributed by atoms with Crippen molar-refractivity contribution < 1.29 is 9.90 Å². The van der Waals surface area contributed by atoms with Gasteiger partial charge in [0.25, 0.3) is 0 Å². The number of hydrogen-bond acceptors (Lipinski definition) is 1. The molecule has 1 radical (unpaired) electrons. The van der Waals surface area contributed by atoms with Gasteiger partial charge in [0.1, 0.15) is 0 Å².